The number of aryl methyl sites for hydroxylation is 1. The number of aromatic nitrogens is 2. The lowest BCUT2D eigenvalue weighted by atomic mass is 10.8. The van der Waals surface area contributed by atoms with Crippen molar-refractivity contribution in [3.8, 4) is 6.01 Å². The van der Waals surface area contributed by atoms with Gasteiger partial charge >= 0.3 is 0 Å². The molecule has 0 atom stereocenters. The summed E-state index contributed by atoms with van der Waals surface area (Å²) in [5.74, 6) is 0. The molecule has 0 spiro atoms. The molecule has 56 valence electrons. The van der Waals surface area contributed by atoms with Crippen LogP contribution in [0.5, 0.6) is 6.01 Å². The first kappa shape index (κ1) is 7.60. The Hall–Kier alpha value is -0.510. The number of ether oxygens (including phenoxy) is 1. The van der Waals surface area contributed by atoms with Gasteiger partial charge in [-0.05, 0) is 22.9 Å². The van der Waals surface area contributed by atoms with Crippen molar-refractivity contribution in [1.29, 1.82) is 0 Å². The third-order valence-corrected chi connectivity index (χ3v) is 1.46. The second-order valence-corrected chi connectivity index (χ2v) is 2.70. The van der Waals surface area contributed by atoms with Gasteiger partial charge in [0.2, 0.25) is 0 Å². The third-order valence-electron chi connectivity index (χ3n) is 1.08. The van der Waals surface area contributed by atoms with Gasteiger partial charge < -0.3 is 9.30 Å². The molecule has 0 radical (unpaired) electrons. The molecule has 1 heterocycles. The lowest BCUT2D eigenvalue weighted by Crippen LogP contribution is -1.98. The van der Waals surface area contributed by atoms with Crippen LogP contribution in [-0.2, 0) is 7.05 Å². The maximum atomic E-state index is 5.18. The lowest BCUT2D eigenvalue weighted by Gasteiger charge is -1.99. The molecule has 0 aliphatic heterocycles. The van der Waals surface area contributed by atoms with E-state index in [0.29, 0.717) is 12.6 Å². The Morgan fingerprint density at radius 1 is 1.80 bits per heavy atom. The first-order chi connectivity index (χ1) is 4.74. The molecule has 0 amide bonds. The van der Waals surface area contributed by atoms with Gasteiger partial charge in [0.25, 0.3) is 6.01 Å². The van der Waals surface area contributed by atoms with Crippen LogP contribution in [0.1, 0.15) is 6.92 Å². The minimum atomic E-state index is 0.648. The molecule has 1 rings (SSSR count). The molecule has 0 bridgehead atoms. The van der Waals surface area contributed by atoms with Crippen molar-refractivity contribution in [1.82, 2.24) is 9.55 Å². The summed E-state index contributed by atoms with van der Waals surface area (Å²) in [5, 5.41) is 0. The molecule has 4 heteroatoms. The van der Waals surface area contributed by atoms with Crippen molar-refractivity contribution in [3.05, 3.63) is 10.8 Å². The van der Waals surface area contributed by atoms with E-state index >= 15 is 0 Å². The predicted molar refractivity (Wildman–Crippen MR) is 42.1 cm³/mol. The fourth-order valence-corrected chi connectivity index (χ4v) is 1.14. The van der Waals surface area contributed by atoms with Gasteiger partial charge in [-0.2, -0.15) is 4.98 Å². The number of rotatable bonds is 2. The molecule has 0 N–H and O–H groups in total. The van der Waals surface area contributed by atoms with Crippen LogP contribution in [0.3, 0.4) is 0 Å². The fraction of sp³-hybridized carbons (Fsp3) is 0.500. The average molecular weight is 205 g/mol. The number of halogens is 1. The monoisotopic (exact) mass is 204 g/mol. The molecular formula is C6H9BrN2O. The quantitative estimate of drug-likeness (QED) is 0.732. The Kier molecular flexibility index (Phi) is 2.32. The van der Waals surface area contributed by atoms with E-state index in [4.69, 9.17) is 4.74 Å². The molecule has 3 nitrogen and oxygen atoms in total. The molecule has 0 saturated carbocycles. The van der Waals surface area contributed by atoms with Gasteiger partial charge in [0.15, 0.2) is 0 Å². The van der Waals surface area contributed by atoms with Gasteiger partial charge in [-0.15, -0.1) is 0 Å². The summed E-state index contributed by atoms with van der Waals surface area (Å²) in [6, 6.07) is 0.648. The minimum absolute atomic E-state index is 0.648. The van der Waals surface area contributed by atoms with Crippen molar-refractivity contribution < 1.29 is 4.74 Å². The molecular weight excluding hydrogens is 196 g/mol. The standard InChI is InChI=1S/C6H9BrN2O/c1-3-10-6-8-5(7)4-9(6)2/h4H,3H2,1-2H3. The van der Waals surface area contributed by atoms with E-state index in [-0.39, 0.29) is 0 Å². The predicted octanol–water partition coefficient (Wildman–Crippen LogP) is 1.58. The van der Waals surface area contributed by atoms with Gasteiger partial charge in [-0.25, -0.2) is 0 Å². The SMILES string of the molecule is CCOc1nc(Br)cn1C. The van der Waals surface area contributed by atoms with Crippen molar-refractivity contribution in [3.63, 3.8) is 0 Å². The normalized spacial score (nSPS) is 9.90. The Balaban J connectivity index is 2.81. The van der Waals surface area contributed by atoms with E-state index in [9.17, 15) is 0 Å². The van der Waals surface area contributed by atoms with E-state index in [0.717, 1.165) is 4.60 Å². The van der Waals surface area contributed by atoms with Gasteiger partial charge in [0.1, 0.15) is 4.60 Å². The van der Waals surface area contributed by atoms with Gasteiger partial charge in [-0.1, -0.05) is 0 Å². The summed E-state index contributed by atoms with van der Waals surface area (Å²) in [7, 11) is 1.89. The van der Waals surface area contributed by atoms with Crippen LogP contribution in [0.4, 0.5) is 0 Å². The highest BCUT2D eigenvalue weighted by Crippen LogP contribution is 2.13. The molecule has 1 aromatic rings. The molecule has 0 fully saturated rings. The topological polar surface area (TPSA) is 27.1 Å². The zero-order valence-corrected chi connectivity index (χ0v) is 7.55. The lowest BCUT2D eigenvalue weighted by molar-refractivity contribution is 0.302. The highest BCUT2D eigenvalue weighted by atomic mass is 79.9. The maximum absolute atomic E-state index is 5.18. The second-order valence-electron chi connectivity index (χ2n) is 1.89. The summed E-state index contributed by atoms with van der Waals surface area (Å²) in [6.45, 7) is 2.58. The third kappa shape index (κ3) is 1.50. The van der Waals surface area contributed by atoms with Crippen molar-refractivity contribution in [2.75, 3.05) is 6.61 Å². The smallest absolute Gasteiger partial charge is 0.297 e. The van der Waals surface area contributed by atoms with Crippen LogP contribution in [0.25, 0.3) is 0 Å². The number of hydrogen-bond donors (Lipinski definition) is 0. The van der Waals surface area contributed by atoms with Crippen molar-refractivity contribution in [2.24, 2.45) is 7.05 Å². The Labute approximate surface area is 68.1 Å². The van der Waals surface area contributed by atoms with Gasteiger partial charge in [0.05, 0.1) is 6.61 Å². The average Bonchev–Trinajstić information content (AvgIpc) is 2.13. The zero-order chi connectivity index (χ0) is 7.56. The Bertz CT molecular complexity index is 222. The molecule has 0 saturated heterocycles. The summed E-state index contributed by atoms with van der Waals surface area (Å²) in [4.78, 5) is 4.06. The van der Waals surface area contributed by atoms with E-state index in [1.54, 1.807) is 0 Å². The van der Waals surface area contributed by atoms with E-state index in [1.807, 2.05) is 24.7 Å². The molecule has 0 unspecified atom stereocenters. The van der Waals surface area contributed by atoms with Crippen molar-refractivity contribution in [2.45, 2.75) is 6.92 Å². The van der Waals surface area contributed by atoms with E-state index in [1.165, 1.54) is 0 Å². The number of hydrogen-bond acceptors (Lipinski definition) is 2. The van der Waals surface area contributed by atoms with Gasteiger partial charge in [0, 0.05) is 13.2 Å². The van der Waals surface area contributed by atoms with Crippen LogP contribution < -0.4 is 4.74 Å². The first-order valence-corrected chi connectivity index (χ1v) is 3.85. The second kappa shape index (κ2) is 3.05. The minimum Gasteiger partial charge on any atom is -0.465 e. The number of imidazole rings is 1. The molecule has 10 heavy (non-hydrogen) atoms. The largest absolute Gasteiger partial charge is 0.465 e. The highest BCUT2D eigenvalue weighted by Gasteiger charge is 2.01. The summed E-state index contributed by atoms with van der Waals surface area (Å²) < 4.78 is 7.81. The zero-order valence-electron chi connectivity index (χ0n) is 5.97. The van der Waals surface area contributed by atoms with E-state index < -0.39 is 0 Å². The van der Waals surface area contributed by atoms with Crippen LogP contribution in [0, 0.1) is 0 Å². The number of nitrogens with zero attached hydrogens (tertiary/aromatic N) is 2. The first-order valence-electron chi connectivity index (χ1n) is 3.05. The summed E-state index contributed by atoms with van der Waals surface area (Å²) in [5.41, 5.74) is 0. The highest BCUT2D eigenvalue weighted by molar-refractivity contribution is 9.10. The van der Waals surface area contributed by atoms with E-state index in [2.05, 4.69) is 20.9 Å². The summed E-state index contributed by atoms with van der Waals surface area (Å²) >= 11 is 3.24. The van der Waals surface area contributed by atoms with Crippen LogP contribution in [0.2, 0.25) is 0 Å². The maximum Gasteiger partial charge on any atom is 0.297 e. The Morgan fingerprint density at radius 3 is 2.90 bits per heavy atom. The fourth-order valence-electron chi connectivity index (χ4n) is 0.677. The summed E-state index contributed by atoms with van der Waals surface area (Å²) in [6.07, 6.45) is 1.85. The van der Waals surface area contributed by atoms with Crippen molar-refractivity contribution >= 4 is 15.9 Å². The van der Waals surface area contributed by atoms with Crippen LogP contribution in [-0.4, -0.2) is 16.2 Å². The molecule has 0 aromatic carbocycles. The molecule has 0 aliphatic carbocycles. The molecule has 1 aromatic heterocycles. The molecule has 0 aliphatic rings. The van der Waals surface area contributed by atoms with Crippen LogP contribution >= 0.6 is 15.9 Å². The van der Waals surface area contributed by atoms with Gasteiger partial charge in [-0.3, -0.25) is 0 Å². The van der Waals surface area contributed by atoms with Crippen LogP contribution in [0.15, 0.2) is 10.8 Å². The Morgan fingerprint density at radius 2 is 2.50 bits per heavy atom.